The summed E-state index contributed by atoms with van der Waals surface area (Å²) in [5, 5.41) is 0. The lowest BCUT2D eigenvalue weighted by molar-refractivity contribution is 1.16. The van der Waals surface area contributed by atoms with Crippen LogP contribution in [0.25, 0.3) is 0 Å². The molecule has 0 spiro atoms. The number of thioether (sulfide) groups is 1. The van der Waals surface area contributed by atoms with Crippen molar-refractivity contribution in [3.05, 3.63) is 51.7 Å². The van der Waals surface area contributed by atoms with Gasteiger partial charge in [0.2, 0.25) is 0 Å². The summed E-state index contributed by atoms with van der Waals surface area (Å²) < 4.78 is 0. The molecule has 1 heterocycles. The fourth-order valence-electron chi connectivity index (χ4n) is 1.59. The van der Waals surface area contributed by atoms with E-state index in [1.54, 1.807) is 11.8 Å². The second kappa shape index (κ2) is 4.89. The molecule has 0 aliphatic rings. The van der Waals surface area contributed by atoms with Crippen molar-refractivity contribution in [1.82, 2.24) is 9.97 Å². The van der Waals surface area contributed by atoms with Gasteiger partial charge in [-0.15, -0.1) is 11.8 Å². The summed E-state index contributed by atoms with van der Waals surface area (Å²) in [6, 6.07) is 7.98. The Labute approximate surface area is 109 Å². The molecule has 88 valence electrons. The van der Waals surface area contributed by atoms with Crippen LogP contribution in [0.1, 0.15) is 17.0 Å². The number of imidazole rings is 1. The fourth-order valence-corrected chi connectivity index (χ4v) is 2.33. The summed E-state index contributed by atoms with van der Waals surface area (Å²) in [6.45, 7) is 1.83. The zero-order chi connectivity index (χ0) is 12.4. The number of thiocarbonyl (C=S) groups is 1. The monoisotopic (exact) mass is 264 g/mol. The maximum atomic E-state index is 11.2. The SMILES string of the molecule is CSc1ccc(C(=S)c2[nH]c(=O)[nH]c2C)cc1. The van der Waals surface area contributed by atoms with Crippen LogP contribution in [0, 0.1) is 6.92 Å². The topological polar surface area (TPSA) is 48.6 Å². The highest BCUT2D eigenvalue weighted by Gasteiger charge is 2.10. The van der Waals surface area contributed by atoms with E-state index >= 15 is 0 Å². The minimum Gasteiger partial charge on any atom is -0.310 e. The van der Waals surface area contributed by atoms with Crippen LogP contribution in [0.5, 0.6) is 0 Å². The van der Waals surface area contributed by atoms with Crippen LogP contribution < -0.4 is 5.69 Å². The summed E-state index contributed by atoms with van der Waals surface area (Å²) >= 11 is 7.06. The van der Waals surface area contributed by atoms with Crippen LogP contribution in [0.4, 0.5) is 0 Å². The molecule has 2 aromatic rings. The van der Waals surface area contributed by atoms with Gasteiger partial charge in [0.05, 0.1) is 10.6 Å². The van der Waals surface area contributed by atoms with E-state index in [1.165, 1.54) is 4.90 Å². The van der Waals surface area contributed by atoms with E-state index in [0.29, 0.717) is 10.6 Å². The third kappa shape index (κ3) is 2.50. The third-order valence-corrected chi connectivity index (χ3v) is 3.68. The Balaban J connectivity index is 2.36. The van der Waals surface area contributed by atoms with Gasteiger partial charge in [-0.3, -0.25) is 0 Å². The van der Waals surface area contributed by atoms with Gasteiger partial charge in [-0.1, -0.05) is 24.4 Å². The minimum absolute atomic E-state index is 0.222. The number of rotatable bonds is 3. The summed E-state index contributed by atoms with van der Waals surface area (Å²) in [5.41, 5.74) is 2.19. The average Bonchev–Trinajstić information content (AvgIpc) is 2.68. The van der Waals surface area contributed by atoms with E-state index in [1.807, 2.05) is 37.4 Å². The van der Waals surface area contributed by atoms with Crippen LogP contribution in [0.3, 0.4) is 0 Å². The molecular formula is C12H12N2OS2. The first-order valence-corrected chi connectivity index (χ1v) is 6.72. The number of benzene rings is 1. The van der Waals surface area contributed by atoms with E-state index in [4.69, 9.17) is 12.2 Å². The van der Waals surface area contributed by atoms with Crippen molar-refractivity contribution in [2.75, 3.05) is 6.26 Å². The van der Waals surface area contributed by atoms with Crippen molar-refractivity contribution >= 4 is 28.8 Å². The molecule has 0 saturated carbocycles. The zero-order valence-electron chi connectivity index (χ0n) is 9.53. The summed E-state index contributed by atoms with van der Waals surface area (Å²) in [6.07, 6.45) is 2.03. The summed E-state index contributed by atoms with van der Waals surface area (Å²) in [5.74, 6) is 0. The standard InChI is InChI=1S/C12H12N2OS2/c1-7-10(14-12(15)13-7)11(16)8-3-5-9(17-2)6-4-8/h3-6H,1-2H3,(H2,13,14,15). The quantitative estimate of drug-likeness (QED) is 0.509. The normalized spacial score (nSPS) is 10.5. The van der Waals surface area contributed by atoms with E-state index < -0.39 is 0 Å². The Morgan fingerprint density at radius 3 is 2.35 bits per heavy atom. The molecular weight excluding hydrogens is 252 g/mol. The Bertz CT molecular complexity index is 596. The van der Waals surface area contributed by atoms with Crippen molar-refractivity contribution < 1.29 is 0 Å². The number of aromatic nitrogens is 2. The first-order chi connectivity index (χ1) is 8.11. The molecule has 0 aliphatic carbocycles. The Morgan fingerprint density at radius 2 is 1.88 bits per heavy atom. The largest absolute Gasteiger partial charge is 0.323 e. The number of hydrogen-bond acceptors (Lipinski definition) is 3. The molecule has 0 atom stereocenters. The Kier molecular flexibility index (Phi) is 3.49. The summed E-state index contributed by atoms with van der Waals surface area (Å²) in [7, 11) is 0. The van der Waals surface area contributed by atoms with Gasteiger partial charge in [0.15, 0.2) is 0 Å². The van der Waals surface area contributed by atoms with Crippen molar-refractivity contribution in [3.8, 4) is 0 Å². The molecule has 0 aliphatic heterocycles. The number of hydrogen-bond donors (Lipinski definition) is 2. The maximum absolute atomic E-state index is 11.2. The van der Waals surface area contributed by atoms with Gasteiger partial charge in [0, 0.05) is 10.6 Å². The Hall–Kier alpha value is -1.33. The molecule has 2 rings (SSSR count). The fraction of sp³-hybridized carbons (Fsp3) is 0.167. The predicted octanol–water partition coefficient (Wildman–Crippen LogP) is 2.50. The molecule has 1 aromatic heterocycles. The van der Waals surface area contributed by atoms with E-state index in [9.17, 15) is 4.79 Å². The van der Waals surface area contributed by atoms with E-state index in [-0.39, 0.29) is 5.69 Å². The number of aryl methyl sites for hydroxylation is 1. The minimum atomic E-state index is -0.222. The van der Waals surface area contributed by atoms with Gasteiger partial charge in [0.1, 0.15) is 0 Å². The highest BCUT2D eigenvalue weighted by atomic mass is 32.2. The molecule has 3 nitrogen and oxygen atoms in total. The molecule has 0 radical (unpaired) electrons. The number of H-pyrrole nitrogens is 2. The molecule has 1 aromatic carbocycles. The molecule has 0 amide bonds. The molecule has 5 heteroatoms. The maximum Gasteiger partial charge on any atom is 0.323 e. The van der Waals surface area contributed by atoms with Crippen molar-refractivity contribution in [3.63, 3.8) is 0 Å². The third-order valence-electron chi connectivity index (χ3n) is 2.49. The first-order valence-electron chi connectivity index (χ1n) is 5.09. The summed E-state index contributed by atoms with van der Waals surface area (Å²) in [4.78, 5) is 18.4. The smallest absolute Gasteiger partial charge is 0.310 e. The number of nitrogens with one attached hydrogen (secondary N) is 2. The van der Waals surface area contributed by atoms with E-state index in [2.05, 4.69) is 9.97 Å². The van der Waals surface area contributed by atoms with Gasteiger partial charge >= 0.3 is 5.69 Å². The van der Waals surface area contributed by atoms with Crippen LogP contribution in [-0.4, -0.2) is 21.1 Å². The zero-order valence-corrected chi connectivity index (χ0v) is 11.2. The lowest BCUT2D eigenvalue weighted by Gasteiger charge is -2.03. The van der Waals surface area contributed by atoms with Crippen LogP contribution in [0.15, 0.2) is 34.0 Å². The Morgan fingerprint density at radius 1 is 1.24 bits per heavy atom. The van der Waals surface area contributed by atoms with Crippen LogP contribution >= 0.6 is 24.0 Å². The first kappa shape index (κ1) is 12.1. The van der Waals surface area contributed by atoms with Crippen LogP contribution in [-0.2, 0) is 0 Å². The van der Waals surface area contributed by atoms with E-state index in [0.717, 1.165) is 11.3 Å². The molecule has 0 fully saturated rings. The van der Waals surface area contributed by atoms with Gasteiger partial charge in [-0.05, 0) is 30.9 Å². The van der Waals surface area contributed by atoms with Gasteiger partial charge in [-0.2, -0.15) is 0 Å². The molecule has 0 unspecified atom stereocenters. The van der Waals surface area contributed by atoms with Gasteiger partial charge < -0.3 is 9.97 Å². The van der Waals surface area contributed by atoms with Crippen molar-refractivity contribution in [1.29, 1.82) is 0 Å². The van der Waals surface area contributed by atoms with Crippen molar-refractivity contribution in [2.45, 2.75) is 11.8 Å². The molecule has 0 bridgehead atoms. The highest BCUT2D eigenvalue weighted by Crippen LogP contribution is 2.17. The molecule has 0 saturated heterocycles. The predicted molar refractivity (Wildman–Crippen MR) is 75.2 cm³/mol. The van der Waals surface area contributed by atoms with Crippen LogP contribution in [0.2, 0.25) is 0 Å². The molecule has 2 N–H and O–H groups in total. The molecule has 17 heavy (non-hydrogen) atoms. The lowest BCUT2D eigenvalue weighted by Crippen LogP contribution is -2.05. The second-order valence-corrected chi connectivity index (χ2v) is 4.92. The second-order valence-electron chi connectivity index (χ2n) is 3.64. The van der Waals surface area contributed by atoms with Crippen molar-refractivity contribution in [2.24, 2.45) is 0 Å². The lowest BCUT2D eigenvalue weighted by atomic mass is 10.1. The number of aromatic amines is 2. The highest BCUT2D eigenvalue weighted by molar-refractivity contribution is 7.98. The van der Waals surface area contributed by atoms with Gasteiger partial charge in [-0.25, -0.2) is 4.79 Å². The average molecular weight is 264 g/mol. The van der Waals surface area contributed by atoms with Gasteiger partial charge in [0.25, 0.3) is 0 Å².